The van der Waals surface area contributed by atoms with Gasteiger partial charge in [0.2, 0.25) is 0 Å². The van der Waals surface area contributed by atoms with E-state index in [1.807, 2.05) is 52.0 Å². The molecule has 94 valence electrons. The summed E-state index contributed by atoms with van der Waals surface area (Å²) in [6.07, 6.45) is 0. The van der Waals surface area contributed by atoms with Crippen molar-refractivity contribution < 1.29 is 4.79 Å². The molecule has 0 aromatic heterocycles. The summed E-state index contributed by atoms with van der Waals surface area (Å²) < 4.78 is 0.914. The maximum atomic E-state index is 12.3. The molecule has 1 amide bonds. The molecule has 17 heavy (non-hydrogen) atoms. The molecule has 1 aromatic carbocycles. The van der Waals surface area contributed by atoms with E-state index in [1.165, 1.54) is 0 Å². The number of benzene rings is 1. The van der Waals surface area contributed by atoms with Gasteiger partial charge in [-0.2, -0.15) is 0 Å². The number of nitrogens with zero attached hydrogens (tertiary/aromatic N) is 1. The molecule has 4 heteroatoms. The minimum absolute atomic E-state index is 0.00463. The lowest BCUT2D eigenvalue weighted by Gasteiger charge is -2.29. The van der Waals surface area contributed by atoms with E-state index in [-0.39, 0.29) is 18.0 Å². The second-order valence-corrected chi connectivity index (χ2v) is 5.48. The average molecular weight is 299 g/mol. The molecule has 0 atom stereocenters. The quantitative estimate of drug-likeness (QED) is 0.866. The molecule has 0 saturated carbocycles. The highest BCUT2D eigenvalue weighted by molar-refractivity contribution is 9.10. The molecular formula is C13H19BrN2O. The average Bonchev–Trinajstić information content (AvgIpc) is 2.24. The normalized spacial score (nSPS) is 11.0. The molecule has 3 nitrogen and oxygen atoms in total. The molecular weight excluding hydrogens is 280 g/mol. The molecule has 0 aliphatic heterocycles. The van der Waals surface area contributed by atoms with Crippen molar-refractivity contribution in [3.8, 4) is 0 Å². The Morgan fingerprint density at radius 1 is 1.29 bits per heavy atom. The summed E-state index contributed by atoms with van der Waals surface area (Å²) in [5.41, 5.74) is 3.85. The van der Waals surface area contributed by atoms with Gasteiger partial charge in [-0.1, -0.05) is 22.0 Å². The maximum absolute atomic E-state index is 12.3. The van der Waals surface area contributed by atoms with Crippen LogP contribution < -0.4 is 5.43 Å². The number of nitrogens with one attached hydrogen (secondary N) is 1. The largest absolute Gasteiger partial charge is 0.271 e. The Morgan fingerprint density at radius 3 is 2.41 bits per heavy atom. The topological polar surface area (TPSA) is 32.3 Å². The zero-order valence-corrected chi connectivity index (χ0v) is 12.3. The van der Waals surface area contributed by atoms with Crippen LogP contribution >= 0.6 is 15.9 Å². The third kappa shape index (κ3) is 4.13. The van der Waals surface area contributed by atoms with E-state index in [1.54, 1.807) is 5.01 Å². The lowest BCUT2D eigenvalue weighted by molar-refractivity contribution is 0.0550. The van der Waals surface area contributed by atoms with E-state index in [9.17, 15) is 4.79 Å². The van der Waals surface area contributed by atoms with Crippen molar-refractivity contribution in [1.82, 2.24) is 10.4 Å². The molecule has 0 heterocycles. The van der Waals surface area contributed by atoms with Gasteiger partial charge in [0.15, 0.2) is 0 Å². The summed E-state index contributed by atoms with van der Waals surface area (Å²) >= 11 is 3.38. The fourth-order valence-electron chi connectivity index (χ4n) is 1.48. The summed E-state index contributed by atoms with van der Waals surface area (Å²) in [4.78, 5) is 12.3. The first-order valence-electron chi connectivity index (χ1n) is 5.77. The molecule has 0 radical (unpaired) electrons. The molecule has 1 rings (SSSR count). The second kappa shape index (κ2) is 6.17. The van der Waals surface area contributed by atoms with E-state index >= 15 is 0 Å². The van der Waals surface area contributed by atoms with Gasteiger partial charge >= 0.3 is 0 Å². The van der Waals surface area contributed by atoms with Crippen LogP contribution in [0.4, 0.5) is 0 Å². The fraction of sp³-hybridized carbons (Fsp3) is 0.462. The van der Waals surface area contributed by atoms with Crippen LogP contribution in [0, 0.1) is 0 Å². The van der Waals surface area contributed by atoms with Crippen LogP contribution in [-0.4, -0.2) is 23.0 Å². The highest BCUT2D eigenvalue weighted by Gasteiger charge is 2.19. The fourth-order valence-corrected chi connectivity index (χ4v) is 1.88. The summed E-state index contributed by atoms with van der Waals surface area (Å²) in [6, 6.07) is 7.78. The summed E-state index contributed by atoms with van der Waals surface area (Å²) in [5, 5.41) is 1.67. The summed E-state index contributed by atoms with van der Waals surface area (Å²) in [7, 11) is 0. The number of hydrazine groups is 1. The molecule has 0 spiro atoms. The molecule has 0 bridgehead atoms. The monoisotopic (exact) mass is 298 g/mol. The lowest BCUT2D eigenvalue weighted by Crippen LogP contribution is -2.50. The van der Waals surface area contributed by atoms with Gasteiger partial charge in [0.1, 0.15) is 0 Å². The number of amides is 1. The van der Waals surface area contributed by atoms with Gasteiger partial charge in [0.25, 0.3) is 5.91 Å². The third-order valence-corrected chi connectivity index (χ3v) is 2.70. The van der Waals surface area contributed by atoms with Crippen molar-refractivity contribution in [3.05, 3.63) is 34.3 Å². The van der Waals surface area contributed by atoms with E-state index in [0.29, 0.717) is 5.56 Å². The molecule has 0 aliphatic rings. The van der Waals surface area contributed by atoms with Crippen molar-refractivity contribution >= 4 is 21.8 Å². The van der Waals surface area contributed by atoms with Gasteiger partial charge < -0.3 is 0 Å². The Morgan fingerprint density at radius 2 is 1.94 bits per heavy atom. The molecule has 0 aliphatic carbocycles. The summed E-state index contributed by atoms with van der Waals surface area (Å²) in [6.45, 7) is 8.02. The molecule has 0 fully saturated rings. The van der Waals surface area contributed by atoms with Crippen LogP contribution in [0.5, 0.6) is 0 Å². The predicted octanol–water partition coefficient (Wildman–Crippen LogP) is 3.21. The van der Waals surface area contributed by atoms with E-state index < -0.39 is 0 Å². The first-order valence-corrected chi connectivity index (χ1v) is 6.56. The third-order valence-electron chi connectivity index (χ3n) is 2.20. The molecule has 0 unspecified atom stereocenters. The van der Waals surface area contributed by atoms with E-state index in [0.717, 1.165) is 4.47 Å². The van der Waals surface area contributed by atoms with Gasteiger partial charge in [0.05, 0.1) is 0 Å². The number of halogens is 1. The van der Waals surface area contributed by atoms with Gasteiger partial charge in [0, 0.05) is 22.1 Å². The Kier molecular flexibility index (Phi) is 5.15. The highest BCUT2D eigenvalue weighted by atomic mass is 79.9. The van der Waals surface area contributed by atoms with Crippen LogP contribution in [0.25, 0.3) is 0 Å². The molecule has 1 N–H and O–H groups in total. The second-order valence-electron chi connectivity index (χ2n) is 4.56. The van der Waals surface area contributed by atoms with Crippen molar-refractivity contribution in [2.45, 2.75) is 39.8 Å². The Bertz CT molecular complexity index is 391. The highest BCUT2D eigenvalue weighted by Crippen LogP contribution is 2.14. The number of hydrogen-bond acceptors (Lipinski definition) is 2. The Labute approximate surface area is 111 Å². The molecule has 0 saturated heterocycles. The van der Waals surface area contributed by atoms with Crippen LogP contribution in [0.15, 0.2) is 28.7 Å². The minimum atomic E-state index is -0.00463. The Hall–Kier alpha value is -0.870. The van der Waals surface area contributed by atoms with E-state index in [4.69, 9.17) is 0 Å². The SMILES string of the molecule is CC(C)NN(C(=O)c1cccc(Br)c1)C(C)C. The van der Waals surface area contributed by atoms with Crippen LogP contribution in [0.3, 0.4) is 0 Å². The van der Waals surface area contributed by atoms with Crippen molar-refractivity contribution in [1.29, 1.82) is 0 Å². The predicted molar refractivity (Wildman–Crippen MR) is 73.7 cm³/mol. The van der Waals surface area contributed by atoms with Crippen LogP contribution in [0.2, 0.25) is 0 Å². The Balaban J connectivity index is 2.92. The lowest BCUT2D eigenvalue weighted by atomic mass is 10.2. The standard InChI is InChI=1S/C13H19BrN2O/c1-9(2)15-16(10(3)4)13(17)11-6-5-7-12(14)8-11/h5-10,15H,1-4H3. The first kappa shape index (κ1) is 14.2. The summed E-state index contributed by atoms with van der Waals surface area (Å²) in [5.74, 6) is -0.00463. The number of carbonyl (C=O) groups excluding carboxylic acids is 1. The van der Waals surface area contributed by atoms with Gasteiger partial charge in [-0.15, -0.1) is 0 Å². The van der Waals surface area contributed by atoms with Gasteiger partial charge in [-0.05, 0) is 45.9 Å². The smallest absolute Gasteiger partial charge is 0.268 e. The van der Waals surface area contributed by atoms with Crippen LogP contribution in [0.1, 0.15) is 38.1 Å². The van der Waals surface area contributed by atoms with Crippen molar-refractivity contribution in [2.24, 2.45) is 0 Å². The molecule has 1 aromatic rings. The first-order chi connectivity index (χ1) is 7.91. The number of rotatable bonds is 4. The number of carbonyl (C=O) groups is 1. The van der Waals surface area contributed by atoms with E-state index in [2.05, 4.69) is 21.4 Å². The van der Waals surface area contributed by atoms with Crippen molar-refractivity contribution in [3.63, 3.8) is 0 Å². The maximum Gasteiger partial charge on any atom is 0.268 e. The number of hydrogen-bond donors (Lipinski definition) is 1. The zero-order valence-electron chi connectivity index (χ0n) is 10.7. The van der Waals surface area contributed by atoms with Gasteiger partial charge in [-0.3, -0.25) is 9.80 Å². The minimum Gasteiger partial charge on any atom is -0.271 e. The zero-order chi connectivity index (χ0) is 13.0. The van der Waals surface area contributed by atoms with Crippen LogP contribution in [-0.2, 0) is 0 Å². The van der Waals surface area contributed by atoms with Gasteiger partial charge in [-0.25, -0.2) is 5.43 Å². The van der Waals surface area contributed by atoms with Crippen molar-refractivity contribution in [2.75, 3.05) is 0 Å².